The van der Waals surface area contributed by atoms with Gasteiger partial charge in [-0.25, -0.2) is 4.39 Å². The average molecular weight is 445 g/mol. The van der Waals surface area contributed by atoms with E-state index in [2.05, 4.69) is 5.32 Å². The van der Waals surface area contributed by atoms with E-state index in [0.717, 1.165) is 11.6 Å². The zero-order valence-electron chi connectivity index (χ0n) is 17.9. The Kier molecular flexibility index (Phi) is 6.87. The molecule has 3 rings (SSSR count). The van der Waals surface area contributed by atoms with Crippen LogP contribution in [0.5, 0.6) is 5.75 Å². The lowest BCUT2D eigenvalue weighted by atomic mass is 10.0. The summed E-state index contributed by atoms with van der Waals surface area (Å²) < 4.78 is 59.3. The zero-order chi connectivity index (χ0) is 23.5. The third-order valence-corrected chi connectivity index (χ3v) is 5.06. The normalized spacial score (nSPS) is 11.3. The molecule has 0 atom stereocenters. The molecule has 1 amide bonds. The molecule has 0 aromatic heterocycles. The van der Waals surface area contributed by atoms with Gasteiger partial charge < -0.3 is 10.1 Å². The summed E-state index contributed by atoms with van der Waals surface area (Å²) in [4.78, 5) is 12.7. The molecule has 168 valence electrons. The number of amides is 1. The van der Waals surface area contributed by atoms with Crippen molar-refractivity contribution in [3.8, 4) is 5.75 Å². The van der Waals surface area contributed by atoms with Crippen molar-refractivity contribution in [1.29, 1.82) is 0 Å². The van der Waals surface area contributed by atoms with Crippen LogP contribution in [0.15, 0.2) is 54.6 Å². The van der Waals surface area contributed by atoms with Gasteiger partial charge in [0, 0.05) is 12.0 Å². The predicted molar refractivity (Wildman–Crippen MR) is 116 cm³/mol. The molecular formula is C25H23F4NO2. The van der Waals surface area contributed by atoms with E-state index in [9.17, 15) is 22.4 Å². The Morgan fingerprint density at radius 3 is 2.25 bits per heavy atom. The number of carbonyl (C=O) groups is 1. The Hall–Kier alpha value is -3.35. The fraction of sp³-hybridized carbons (Fsp3) is 0.240. The highest BCUT2D eigenvalue weighted by Gasteiger charge is 2.33. The number of hydrogen-bond donors (Lipinski definition) is 1. The van der Waals surface area contributed by atoms with Crippen LogP contribution in [0.25, 0.3) is 0 Å². The van der Waals surface area contributed by atoms with E-state index in [0.29, 0.717) is 28.9 Å². The second-order valence-corrected chi connectivity index (χ2v) is 7.62. The molecule has 32 heavy (non-hydrogen) atoms. The standard InChI is InChI=1S/C25H23F4NO2/c1-15-8-9-18(21(26)12-15)10-11-32-19-13-16(2)23(17(3)14-19)24(31)30-22-7-5-4-6-20(22)25(27,28)29/h4-9,12-14H,10-11H2,1-3H3,(H,30,31). The summed E-state index contributed by atoms with van der Waals surface area (Å²) in [5, 5.41) is 2.37. The van der Waals surface area contributed by atoms with E-state index in [-0.39, 0.29) is 23.7 Å². The quantitative estimate of drug-likeness (QED) is 0.432. The molecule has 0 aliphatic heterocycles. The summed E-state index contributed by atoms with van der Waals surface area (Å²) in [7, 11) is 0. The number of nitrogens with one attached hydrogen (secondary N) is 1. The van der Waals surface area contributed by atoms with Crippen LogP contribution in [0, 0.1) is 26.6 Å². The number of benzene rings is 3. The number of rotatable bonds is 6. The van der Waals surface area contributed by atoms with Gasteiger partial charge in [0.25, 0.3) is 5.91 Å². The van der Waals surface area contributed by atoms with Crippen molar-refractivity contribution < 1.29 is 27.1 Å². The number of hydrogen-bond acceptors (Lipinski definition) is 2. The Morgan fingerprint density at radius 2 is 1.62 bits per heavy atom. The van der Waals surface area contributed by atoms with E-state index >= 15 is 0 Å². The number of carbonyl (C=O) groups excluding carboxylic acids is 1. The van der Waals surface area contributed by atoms with Crippen molar-refractivity contribution in [2.24, 2.45) is 0 Å². The number of aryl methyl sites for hydroxylation is 3. The highest BCUT2D eigenvalue weighted by atomic mass is 19.4. The number of halogens is 4. The number of para-hydroxylation sites is 1. The van der Waals surface area contributed by atoms with Gasteiger partial charge in [-0.15, -0.1) is 0 Å². The molecule has 0 bridgehead atoms. The van der Waals surface area contributed by atoms with Gasteiger partial charge in [0.2, 0.25) is 0 Å². The molecule has 0 saturated carbocycles. The van der Waals surface area contributed by atoms with Crippen LogP contribution in [0.1, 0.15) is 38.2 Å². The Bertz CT molecular complexity index is 1120. The first-order valence-electron chi connectivity index (χ1n) is 10.0. The van der Waals surface area contributed by atoms with E-state index in [1.54, 1.807) is 32.0 Å². The molecule has 0 heterocycles. The van der Waals surface area contributed by atoms with Crippen LogP contribution in [0.4, 0.5) is 23.2 Å². The number of alkyl halides is 3. The molecule has 0 radical (unpaired) electrons. The molecule has 3 aromatic rings. The maximum atomic E-state index is 14.0. The van der Waals surface area contributed by atoms with Gasteiger partial charge in [0.1, 0.15) is 11.6 Å². The number of ether oxygens (including phenoxy) is 1. The largest absolute Gasteiger partial charge is 0.493 e. The van der Waals surface area contributed by atoms with Gasteiger partial charge >= 0.3 is 6.18 Å². The van der Waals surface area contributed by atoms with Crippen LogP contribution < -0.4 is 10.1 Å². The lowest BCUT2D eigenvalue weighted by Crippen LogP contribution is -2.18. The van der Waals surface area contributed by atoms with E-state index in [4.69, 9.17) is 4.74 Å². The minimum Gasteiger partial charge on any atom is -0.493 e. The first-order valence-corrected chi connectivity index (χ1v) is 10.0. The molecule has 3 aromatic carbocycles. The second kappa shape index (κ2) is 9.42. The van der Waals surface area contributed by atoms with Crippen LogP contribution in [-0.4, -0.2) is 12.5 Å². The lowest BCUT2D eigenvalue weighted by molar-refractivity contribution is -0.136. The van der Waals surface area contributed by atoms with Crippen molar-refractivity contribution >= 4 is 11.6 Å². The SMILES string of the molecule is Cc1ccc(CCOc2cc(C)c(C(=O)Nc3ccccc3C(F)(F)F)c(C)c2)c(F)c1. The highest BCUT2D eigenvalue weighted by molar-refractivity contribution is 6.06. The van der Waals surface area contributed by atoms with Crippen LogP contribution in [0.2, 0.25) is 0 Å². The fourth-order valence-corrected chi connectivity index (χ4v) is 3.52. The summed E-state index contributed by atoms with van der Waals surface area (Å²) in [6.45, 7) is 5.42. The molecular weight excluding hydrogens is 422 g/mol. The summed E-state index contributed by atoms with van der Waals surface area (Å²) in [6.07, 6.45) is -4.21. The van der Waals surface area contributed by atoms with Gasteiger partial charge in [0.15, 0.2) is 0 Å². The van der Waals surface area contributed by atoms with Gasteiger partial charge in [0.05, 0.1) is 17.9 Å². The summed E-state index contributed by atoms with van der Waals surface area (Å²) in [5.41, 5.74) is 1.57. The van der Waals surface area contributed by atoms with Gasteiger partial charge in [-0.3, -0.25) is 4.79 Å². The molecule has 0 aliphatic rings. The third kappa shape index (κ3) is 5.46. The molecule has 7 heteroatoms. The van der Waals surface area contributed by atoms with Crippen molar-refractivity contribution in [3.05, 3.63) is 93.8 Å². The van der Waals surface area contributed by atoms with Crippen molar-refractivity contribution in [2.45, 2.75) is 33.4 Å². The van der Waals surface area contributed by atoms with Crippen LogP contribution in [-0.2, 0) is 12.6 Å². The Balaban J connectivity index is 1.72. The summed E-state index contributed by atoms with van der Waals surface area (Å²) in [6, 6.07) is 13.1. The van der Waals surface area contributed by atoms with Crippen molar-refractivity contribution in [2.75, 3.05) is 11.9 Å². The molecule has 0 aliphatic carbocycles. The van der Waals surface area contributed by atoms with E-state index in [1.165, 1.54) is 24.3 Å². The van der Waals surface area contributed by atoms with Crippen molar-refractivity contribution in [1.82, 2.24) is 0 Å². The Morgan fingerprint density at radius 1 is 0.969 bits per heavy atom. The maximum absolute atomic E-state index is 14.0. The average Bonchev–Trinajstić information content (AvgIpc) is 2.69. The number of anilines is 1. The van der Waals surface area contributed by atoms with E-state index in [1.807, 2.05) is 13.0 Å². The summed E-state index contributed by atoms with van der Waals surface area (Å²) >= 11 is 0. The highest BCUT2D eigenvalue weighted by Crippen LogP contribution is 2.35. The first kappa shape index (κ1) is 23.3. The lowest BCUT2D eigenvalue weighted by Gasteiger charge is -2.16. The molecule has 0 unspecified atom stereocenters. The minimum absolute atomic E-state index is 0.239. The van der Waals surface area contributed by atoms with Crippen LogP contribution in [0.3, 0.4) is 0 Å². The molecule has 1 N–H and O–H groups in total. The first-order chi connectivity index (χ1) is 15.1. The fourth-order valence-electron chi connectivity index (χ4n) is 3.52. The smallest absolute Gasteiger partial charge is 0.418 e. The molecule has 0 saturated heterocycles. The topological polar surface area (TPSA) is 38.3 Å². The minimum atomic E-state index is -4.58. The third-order valence-electron chi connectivity index (χ3n) is 5.06. The molecule has 3 nitrogen and oxygen atoms in total. The maximum Gasteiger partial charge on any atom is 0.418 e. The molecule has 0 fully saturated rings. The summed E-state index contributed by atoms with van der Waals surface area (Å²) in [5.74, 6) is -0.420. The monoisotopic (exact) mass is 445 g/mol. The van der Waals surface area contributed by atoms with Crippen LogP contribution >= 0.6 is 0 Å². The van der Waals surface area contributed by atoms with E-state index < -0.39 is 17.6 Å². The molecule has 0 spiro atoms. The van der Waals surface area contributed by atoms with Gasteiger partial charge in [-0.05, 0) is 73.4 Å². The predicted octanol–water partition coefficient (Wildman–Crippen LogP) is 6.64. The zero-order valence-corrected chi connectivity index (χ0v) is 17.9. The van der Waals surface area contributed by atoms with Gasteiger partial charge in [-0.1, -0.05) is 24.3 Å². The van der Waals surface area contributed by atoms with Gasteiger partial charge in [-0.2, -0.15) is 13.2 Å². The Labute approximate surface area is 184 Å². The van der Waals surface area contributed by atoms with Crippen molar-refractivity contribution in [3.63, 3.8) is 0 Å². The second-order valence-electron chi connectivity index (χ2n) is 7.62.